The number of benzene rings is 2. The van der Waals surface area contributed by atoms with Gasteiger partial charge in [0.1, 0.15) is 5.75 Å². The number of nitrogens with zero attached hydrogens (tertiary/aromatic N) is 1. The number of aliphatic hydroxyl groups excluding tert-OH is 2. The van der Waals surface area contributed by atoms with Crippen LogP contribution in [0.4, 0.5) is 0 Å². The lowest BCUT2D eigenvalue weighted by Crippen LogP contribution is -2.45. The second-order valence-electron chi connectivity index (χ2n) is 8.69. The fourth-order valence-corrected chi connectivity index (χ4v) is 5.54. The number of aliphatic hydroxyl groups is 2. The van der Waals surface area contributed by atoms with Gasteiger partial charge in [0.2, 0.25) is 0 Å². The Morgan fingerprint density at radius 3 is 2.48 bits per heavy atom. The fraction of sp³-hybridized carbons (Fsp3) is 0.480. The van der Waals surface area contributed by atoms with E-state index in [4.69, 9.17) is 4.74 Å². The van der Waals surface area contributed by atoms with Crippen LogP contribution in [-0.2, 0) is 0 Å². The Morgan fingerprint density at radius 2 is 1.71 bits per heavy atom. The van der Waals surface area contributed by atoms with Gasteiger partial charge in [-0.05, 0) is 69.1 Å². The SMILES string of the molecule is O=c1c2ccccc2sc2ccc(OCCCC(CO)(CO)CN3CCCCC3)cc12. The molecule has 0 saturated carbocycles. The van der Waals surface area contributed by atoms with Gasteiger partial charge in [-0.1, -0.05) is 18.6 Å². The number of piperidine rings is 1. The fourth-order valence-electron chi connectivity index (χ4n) is 4.49. The van der Waals surface area contributed by atoms with E-state index in [2.05, 4.69) is 4.90 Å². The maximum Gasteiger partial charge on any atom is 0.196 e. The third-order valence-corrected chi connectivity index (χ3v) is 7.50. The van der Waals surface area contributed by atoms with Crippen LogP contribution in [0.5, 0.6) is 5.75 Å². The highest BCUT2D eigenvalue weighted by Gasteiger charge is 2.31. The number of hydrogen-bond donors (Lipinski definition) is 2. The van der Waals surface area contributed by atoms with Gasteiger partial charge in [0, 0.05) is 32.1 Å². The highest BCUT2D eigenvalue weighted by molar-refractivity contribution is 7.24. The molecule has 5 nitrogen and oxygen atoms in total. The molecule has 166 valence electrons. The Balaban J connectivity index is 1.39. The standard InChI is InChI=1S/C25H31NO4S/c27-17-25(18-28,16-26-12-4-1-5-13-26)11-6-14-30-19-9-10-23-21(15-19)24(29)20-7-2-3-8-22(20)31-23/h2-3,7-10,15,27-28H,1,4-6,11-14,16-18H2. The summed E-state index contributed by atoms with van der Waals surface area (Å²) in [5.41, 5.74) is -0.455. The van der Waals surface area contributed by atoms with Gasteiger partial charge in [0.05, 0.1) is 19.8 Å². The largest absolute Gasteiger partial charge is 0.494 e. The molecule has 6 heteroatoms. The lowest BCUT2D eigenvalue weighted by atomic mass is 9.84. The van der Waals surface area contributed by atoms with E-state index in [1.54, 1.807) is 11.3 Å². The van der Waals surface area contributed by atoms with Gasteiger partial charge < -0.3 is 19.8 Å². The molecule has 1 aromatic heterocycles. The third-order valence-electron chi connectivity index (χ3n) is 6.35. The molecule has 0 unspecified atom stereocenters. The first kappa shape index (κ1) is 22.2. The summed E-state index contributed by atoms with van der Waals surface area (Å²) >= 11 is 1.61. The molecule has 1 saturated heterocycles. The minimum atomic E-state index is -0.493. The monoisotopic (exact) mass is 441 g/mol. The van der Waals surface area contributed by atoms with Crippen molar-refractivity contribution in [2.24, 2.45) is 5.41 Å². The maximum atomic E-state index is 12.9. The molecular weight excluding hydrogens is 410 g/mol. The molecular formula is C25H31NO4S. The Morgan fingerprint density at radius 1 is 0.968 bits per heavy atom. The molecule has 4 rings (SSSR count). The second kappa shape index (κ2) is 10.1. The summed E-state index contributed by atoms with van der Waals surface area (Å²) in [6, 6.07) is 13.4. The van der Waals surface area contributed by atoms with Crippen LogP contribution < -0.4 is 10.2 Å². The first-order chi connectivity index (χ1) is 15.1. The smallest absolute Gasteiger partial charge is 0.196 e. The maximum absolute atomic E-state index is 12.9. The van der Waals surface area contributed by atoms with Crippen LogP contribution in [0.25, 0.3) is 20.2 Å². The normalized spacial score (nSPS) is 15.5. The van der Waals surface area contributed by atoms with E-state index in [1.165, 1.54) is 19.3 Å². The molecule has 0 spiro atoms. The summed E-state index contributed by atoms with van der Waals surface area (Å²) < 4.78 is 7.89. The van der Waals surface area contributed by atoms with Crippen LogP contribution in [0.3, 0.4) is 0 Å². The van der Waals surface area contributed by atoms with E-state index in [-0.39, 0.29) is 18.6 Å². The van der Waals surface area contributed by atoms with Crippen molar-refractivity contribution in [1.82, 2.24) is 4.90 Å². The number of likely N-dealkylation sites (tertiary alicyclic amines) is 1. The molecule has 0 amide bonds. The zero-order valence-corrected chi connectivity index (χ0v) is 18.7. The van der Waals surface area contributed by atoms with Crippen molar-refractivity contribution in [3.8, 4) is 5.75 Å². The second-order valence-corrected chi connectivity index (χ2v) is 9.77. The summed E-state index contributed by atoms with van der Waals surface area (Å²) in [6.07, 6.45) is 5.08. The average molecular weight is 442 g/mol. The number of ether oxygens (including phenoxy) is 1. The van der Waals surface area contributed by atoms with Crippen molar-refractivity contribution in [2.45, 2.75) is 32.1 Å². The van der Waals surface area contributed by atoms with Gasteiger partial charge in [-0.25, -0.2) is 0 Å². The number of rotatable bonds is 9. The number of hydrogen-bond acceptors (Lipinski definition) is 6. The quantitative estimate of drug-likeness (QED) is 0.388. The zero-order valence-electron chi connectivity index (χ0n) is 17.9. The predicted octanol–water partition coefficient (Wildman–Crippen LogP) is 4.03. The van der Waals surface area contributed by atoms with Crippen LogP contribution in [-0.4, -0.2) is 54.6 Å². The Bertz CT molecular complexity index is 1070. The van der Waals surface area contributed by atoms with Gasteiger partial charge >= 0.3 is 0 Å². The molecule has 31 heavy (non-hydrogen) atoms. The molecule has 3 aromatic rings. The average Bonchev–Trinajstić information content (AvgIpc) is 2.82. The summed E-state index contributed by atoms with van der Waals surface area (Å²) in [4.78, 5) is 15.2. The van der Waals surface area contributed by atoms with Gasteiger partial charge in [0.25, 0.3) is 0 Å². The molecule has 0 atom stereocenters. The van der Waals surface area contributed by atoms with Gasteiger partial charge in [-0.3, -0.25) is 4.79 Å². The minimum absolute atomic E-state index is 0.0238. The molecule has 1 aliphatic rings. The van der Waals surface area contributed by atoms with E-state index in [1.807, 2.05) is 42.5 Å². The molecule has 0 radical (unpaired) electrons. The van der Waals surface area contributed by atoms with Crippen molar-refractivity contribution < 1.29 is 14.9 Å². The van der Waals surface area contributed by atoms with Crippen molar-refractivity contribution >= 4 is 31.5 Å². The Hall–Kier alpha value is -1.99. The minimum Gasteiger partial charge on any atom is -0.494 e. The van der Waals surface area contributed by atoms with Gasteiger partial charge in [-0.15, -0.1) is 11.3 Å². The first-order valence-electron chi connectivity index (χ1n) is 11.2. The van der Waals surface area contributed by atoms with Crippen LogP contribution in [0.2, 0.25) is 0 Å². The lowest BCUT2D eigenvalue weighted by molar-refractivity contribution is 0.00654. The zero-order chi connectivity index (χ0) is 21.7. The predicted molar refractivity (Wildman–Crippen MR) is 127 cm³/mol. The lowest BCUT2D eigenvalue weighted by Gasteiger charge is -2.37. The van der Waals surface area contributed by atoms with Crippen LogP contribution in [0, 0.1) is 5.41 Å². The highest BCUT2D eigenvalue weighted by Crippen LogP contribution is 2.29. The molecule has 0 aliphatic carbocycles. The Kier molecular flexibility index (Phi) is 7.23. The summed E-state index contributed by atoms with van der Waals surface area (Å²) in [5, 5.41) is 21.4. The topological polar surface area (TPSA) is 70.0 Å². The molecule has 2 aromatic carbocycles. The van der Waals surface area contributed by atoms with Crippen molar-refractivity contribution in [3.63, 3.8) is 0 Å². The van der Waals surface area contributed by atoms with Gasteiger partial charge in [0.15, 0.2) is 5.43 Å². The number of fused-ring (bicyclic) bond motifs is 2. The molecule has 1 aliphatic heterocycles. The van der Waals surface area contributed by atoms with Crippen LogP contribution >= 0.6 is 11.3 Å². The van der Waals surface area contributed by atoms with E-state index >= 15 is 0 Å². The van der Waals surface area contributed by atoms with E-state index < -0.39 is 5.41 Å². The van der Waals surface area contributed by atoms with Crippen LogP contribution in [0.15, 0.2) is 47.3 Å². The molecule has 1 fully saturated rings. The summed E-state index contributed by atoms with van der Waals surface area (Å²) in [6.45, 7) is 3.25. The third kappa shape index (κ3) is 5.09. The van der Waals surface area contributed by atoms with Crippen LogP contribution in [0.1, 0.15) is 32.1 Å². The van der Waals surface area contributed by atoms with Crippen molar-refractivity contribution in [3.05, 3.63) is 52.7 Å². The van der Waals surface area contributed by atoms with Gasteiger partial charge in [-0.2, -0.15) is 0 Å². The first-order valence-corrected chi connectivity index (χ1v) is 12.0. The van der Waals surface area contributed by atoms with E-state index in [9.17, 15) is 15.0 Å². The molecule has 0 bridgehead atoms. The van der Waals surface area contributed by atoms with Crippen molar-refractivity contribution in [2.75, 3.05) is 39.5 Å². The van der Waals surface area contributed by atoms with E-state index in [0.717, 1.165) is 40.8 Å². The summed E-state index contributed by atoms with van der Waals surface area (Å²) in [7, 11) is 0. The van der Waals surface area contributed by atoms with E-state index in [0.29, 0.717) is 24.2 Å². The highest BCUT2D eigenvalue weighted by atomic mass is 32.1. The summed E-state index contributed by atoms with van der Waals surface area (Å²) in [5.74, 6) is 0.682. The molecule has 2 heterocycles. The van der Waals surface area contributed by atoms with Crippen molar-refractivity contribution in [1.29, 1.82) is 0 Å². The molecule has 2 N–H and O–H groups in total. The Labute approximate surface area is 186 Å².